The highest BCUT2D eigenvalue weighted by Gasteiger charge is 2.45. The molecule has 1 fully saturated rings. The van der Waals surface area contributed by atoms with Gasteiger partial charge in [0.2, 0.25) is 11.8 Å². The van der Waals surface area contributed by atoms with Crippen molar-refractivity contribution in [3.05, 3.63) is 11.1 Å². The summed E-state index contributed by atoms with van der Waals surface area (Å²) >= 11 is 1.26. The Hall–Kier alpha value is -1.96. The molecule has 1 aromatic heterocycles. The van der Waals surface area contributed by atoms with E-state index in [2.05, 4.69) is 10.3 Å². The maximum atomic E-state index is 12.6. The van der Waals surface area contributed by atoms with Gasteiger partial charge in [0.05, 0.1) is 12.1 Å². The number of nitrogens with zero attached hydrogens (tertiary/aromatic N) is 2. The first-order valence-electron chi connectivity index (χ1n) is 8.51. The highest BCUT2D eigenvalue weighted by molar-refractivity contribution is 7.13. The molecule has 0 atom stereocenters. The standard InChI is InChI=1S/C17H25N3O4S/c1-11(2)14(22)19-16-18-12(10-25-16)9-13(21)20(3)17(15(23)24)7-5-4-6-8-17/h10-11H,4-9H2,1-3H3,(H,23,24)(H,18,19,22). The molecule has 0 radical (unpaired) electrons. The summed E-state index contributed by atoms with van der Waals surface area (Å²) in [4.78, 5) is 41.7. The van der Waals surface area contributed by atoms with Crippen molar-refractivity contribution in [1.82, 2.24) is 9.88 Å². The molecule has 0 unspecified atom stereocenters. The normalized spacial score (nSPS) is 16.5. The Kier molecular flexibility index (Phi) is 6.16. The second-order valence-corrected chi connectivity index (χ2v) is 7.67. The Bertz CT molecular complexity index is 650. The van der Waals surface area contributed by atoms with Gasteiger partial charge in [-0.1, -0.05) is 33.1 Å². The SMILES string of the molecule is CC(C)C(=O)Nc1nc(CC(=O)N(C)C2(C(=O)O)CCCCC2)cs1. The predicted octanol–water partition coefficient (Wildman–Crippen LogP) is 2.53. The Morgan fingerprint density at radius 3 is 2.52 bits per heavy atom. The number of anilines is 1. The summed E-state index contributed by atoms with van der Waals surface area (Å²) in [6.07, 6.45) is 3.62. The van der Waals surface area contributed by atoms with E-state index in [1.165, 1.54) is 16.2 Å². The van der Waals surface area contributed by atoms with Crippen molar-refractivity contribution in [1.29, 1.82) is 0 Å². The van der Waals surface area contributed by atoms with Gasteiger partial charge < -0.3 is 15.3 Å². The summed E-state index contributed by atoms with van der Waals surface area (Å²) < 4.78 is 0. The van der Waals surface area contributed by atoms with Crippen molar-refractivity contribution in [3.63, 3.8) is 0 Å². The minimum absolute atomic E-state index is 0.0274. The molecular formula is C17H25N3O4S. The van der Waals surface area contributed by atoms with Gasteiger partial charge in [-0.05, 0) is 12.8 Å². The summed E-state index contributed by atoms with van der Waals surface area (Å²) in [6.45, 7) is 3.58. The van der Waals surface area contributed by atoms with E-state index in [-0.39, 0.29) is 24.2 Å². The Morgan fingerprint density at radius 1 is 1.32 bits per heavy atom. The van der Waals surface area contributed by atoms with Crippen LogP contribution < -0.4 is 5.32 Å². The fourth-order valence-electron chi connectivity index (χ4n) is 3.04. The summed E-state index contributed by atoms with van der Waals surface area (Å²) in [7, 11) is 1.57. The maximum Gasteiger partial charge on any atom is 0.329 e. The fourth-order valence-corrected chi connectivity index (χ4v) is 3.75. The molecule has 0 aromatic carbocycles. The number of aromatic nitrogens is 1. The van der Waals surface area contributed by atoms with Crippen molar-refractivity contribution in [2.24, 2.45) is 5.92 Å². The van der Waals surface area contributed by atoms with Crippen LogP contribution in [-0.2, 0) is 20.8 Å². The number of hydrogen-bond donors (Lipinski definition) is 2. The van der Waals surface area contributed by atoms with Crippen molar-refractivity contribution >= 4 is 34.3 Å². The Morgan fingerprint density at radius 2 is 1.96 bits per heavy atom. The third kappa shape index (κ3) is 4.36. The fraction of sp³-hybridized carbons (Fsp3) is 0.647. The van der Waals surface area contributed by atoms with Crippen LogP contribution in [0.4, 0.5) is 5.13 Å². The number of likely N-dealkylation sites (N-methyl/N-ethyl adjacent to an activating group) is 1. The van der Waals surface area contributed by atoms with E-state index in [0.717, 1.165) is 19.3 Å². The first-order valence-corrected chi connectivity index (χ1v) is 9.39. The predicted molar refractivity (Wildman–Crippen MR) is 95.5 cm³/mol. The van der Waals surface area contributed by atoms with Gasteiger partial charge in [-0.3, -0.25) is 9.59 Å². The number of carboxylic acids is 1. The van der Waals surface area contributed by atoms with Gasteiger partial charge in [0.1, 0.15) is 5.54 Å². The Labute approximate surface area is 151 Å². The zero-order valence-corrected chi connectivity index (χ0v) is 15.7. The van der Waals surface area contributed by atoms with Crippen LogP contribution in [0.25, 0.3) is 0 Å². The monoisotopic (exact) mass is 367 g/mol. The van der Waals surface area contributed by atoms with Gasteiger partial charge in [0.25, 0.3) is 0 Å². The van der Waals surface area contributed by atoms with Gasteiger partial charge in [-0.25, -0.2) is 9.78 Å². The van der Waals surface area contributed by atoms with Gasteiger partial charge in [0, 0.05) is 18.3 Å². The van der Waals surface area contributed by atoms with Crippen LogP contribution >= 0.6 is 11.3 Å². The molecule has 0 bridgehead atoms. The highest BCUT2D eigenvalue weighted by atomic mass is 32.1. The molecule has 1 heterocycles. The second-order valence-electron chi connectivity index (χ2n) is 6.81. The van der Waals surface area contributed by atoms with Crippen LogP contribution in [-0.4, -0.2) is 45.4 Å². The number of carboxylic acid groups (broad SMARTS) is 1. The van der Waals surface area contributed by atoms with Crippen molar-refractivity contribution in [3.8, 4) is 0 Å². The lowest BCUT2D eigenvalue weighted by atomic mass is 9.80. The van der Waals surface area contributed by atoms with E-state index >= 15 is 0 Å². The molecule has 2 amide bonds. The molecule has 1 saturated carbocycles. The smallest absolute Gasteiger partial charge is 0.329 e. The van der Waals surface area contributed by atoms with Crippen molar-refractivity contribution in [2.45, 2.75) is 57.9 Å². The van der Waals surface area contributed by atoms with Crippen LogP contribution in [0.5, 0.6) is 0 Å². The van der Waals surface area contributed by atoms with Gasteiger partial charge in [-0.15, -0.1) is 11.3 Å². The molecule has 8 heteroatoms. The molecule has 1 aliphatic rings. The molecule has 0 saturated heterocycles. The molecular weight excluding hydrogens is 342 g/mol. The maximum absolute atomic E-state index is 12.6. The number of rotatable bonds is 6. The summed E-state index contributed by atoms with van der Waals surface area (Å²) in [5, 5.41) is 14.5. The second kappa shape index (κ2) is 7.95. The molecule has 2 N–H and O–H groups in total. The van der Waals surface area contributed by atoms with E-state index in [4.69, 9.17) is 0 Å². The van der Waals surface area contributed by atoms with E-state index in [1.807, 2.05) is 0 Å². The third-order valence-electron chi connectivity index (χ3n) is 4.73. The van der Waals surface area contributed by atoms with Gasteiger partial charge in [0.15, 0.2) is 5.13 Å². The lowest BCUT2D eigenvalue weighted by molar-refractivity contribution is -0.160. The van der Waals surface area contributed by atoms with Crippen LogP contribution in [0.3, 0.4) is 0 Å². The summed E-state index contributed by atoms with van der Waals surface area (Å²) in [6, 6.07) is 0. The number of thiazole rings is 1. The molecule has 1 aliphatic carbocycles. The third-order valence-corrected chi connectivity index (χ3v) is 5.54. The number of hydrogen-bond acceptors (Lipinski definition) is 5. The number of aliphatic carboxylic acids is 1. The van der Waals surface area contributed by atoms with E-state index in [1.54, 1.807) is 26.3 Å². The minimum atomic E-state index is -1.11. The molecule has 2 rings (SSSR count). The lowest BCUT2D eigenvalue weighted by Gasteiger charge is -2.41. The molecule has 25 heavy (non-hydrogen) atoms. The minimum Gasteiger partial charge on any atom is -0.479 e. The number of nitrogens with one attached hydrogen (secondary N) is 1. The zero-order chi connectivity index (χ0) is 18.6. The molecule has 138 valence electrons. The van der Waals surface area contributed by atoms with Crippen LogP contribution in [0, 0.1) is 5.92 Å². The molecule has 1 aromatic rings. The molecule has 0 aliphatic heterocycles. The average molecular weight is 367 g/mol. The molecule has 7 nitrogen and oxygen atoms in total. The number of carbonyl (C=O) groups excluding carboxylic acids is 2. The summed E-state index contributed by atoms with van der Waals surface area (Å²) in [5.74, 6) is -1.49. The van der Waals surface area contributed by atoms with Gasteiger partial charge >= 0.3 is 5.97 Å². The first kappa shape index (κ1) is 19.4. The topological polar surface area (TPSA) is 99.6 Å². The van der Waals surface area contributed by atoms with Crippen molar-refractivity contribution in [2.75, 3.05) is 12.4 Å². The largest absolute Gasteiger partial charge is 0.479 e. The highest BCUT2D eigenvalue weighted by Crippen LogP contribution is 2.33. The van der Waals surface area contributed by atoms with Crippen LogP contribution in [0.2, 0.25) is 0 Å². The summed E-state index contributed by atoms with van der Waals surface area (Å²) in [5.41, 5.74) is -0.572. The van der Waals surface area contributed by atoms with Gasteiger partial charge in [-0.2, -0.15) is 0 Å². The van der Waals surface area contributed by atoms with E-state index < -0.39 is 11.5 Å². The zero-order valence-electron chi connectivity index (χ0n) is 14.9. The molecule has 0 spiro atoms. The van der Waals surface area contributed by atoms with Crippen molar-refractivity contribution < 1.29 is 19.5 Å². The number of carbonyl (C=O) groups is 3. The first-order chi connectivity index (χ1) is 11.8. The quantitative estimate of drug-likeness (QED) is 0.805. The van der Waals surface area contributed by atoms with Crippen LogP contribution in [0.15, 0.2) is 5.38 Å². The Balaban J connectivity index is 2.04. The van der Waals surface area contributed by atoms with Crippen LogP contribution in [0.1, 0.15) is 51.6 Å². The average Bonchev–Trinajstić information content (AvgIpc) is 3.01. The van der Waals surface area contributed by atoms with E-state index in [0.29, 0.717) is 23.7 Å². The number of amides is 2. The van der Waals surface area contributed by atoms with E-state index in [9.17, 15) is 19.5 Å². The lowest BCUT2D eigenvalue weighted by Crippen LogP contribution is -2.56.